The Labute approximate surface area is 67.8 Å². The van der Waals surface area contributed by atoms with Crippen LogP contribution in [0.2, 0.25) is 0 Å². The second kappa shape index (κ2) is 3.91. The van der Waals surface area contributed by atoms with Crippen molar-refractivity contribution in [3.05, 3.63) is 35.9 Å². The SMILES string of the molecule is CC(C)[NH+]=Cc1ccccc1. The fraction of sp³-hybridized carbons (Fsp3) is 0.300. The van der Waals surface area contributed by atoms with E-state index in [1.807, 2.05) is 24.4 Å². The second-order valence-electron chi connectivity index (χ2n) is 2.88. The molecule has 0 saturated carbocycles. The van der Waals surface area contributed by atoms with E-state index in [9.17, 15) is 0 Å². The van der Waals surface area contributed by atoms with Crippen molar-refractivity contribution in [3.8, 4) is 0 Å². The lowest BCUT2D eigenvalue weighted by atomic mass is 10.2. The molecule has 0 radical (unpaired) electrons. The first-order chi connectivity index (χ1) is 5.29. The highest BCUT2D eigenvalue weighted by molar-refractivity contribution is 5.74. The van der Waals surface area contributed by atoms with Gasteiger partial charge in [0, 0.05) is 5.56 Å². The lowest BCUT2D eigenvalue weighted by Gasteiger charge is -1.88. The minimum absolute atomic E-state index is 0.509. The topological polar surface area (TPSA) is 14.0 Å². The van der Waals surface area contributed by atoms with Gasteiger partial charge in [-0.05, 0) is 26.0 Å². The fourth-order valence-corrected chi connectivity index (χ4v) is 0.812. The van der Waals surface area contributed by atoms with Gasteiger partial charge >= 0.3 is 0 Å². The zero-order valence-electron chi connectivity index (χ0n) is 7.04. The zero-order chi connectivity index (χ0) is 8.10. The van der Waals surface area contributed by atoms with Crippen LogP contribution in [0.15, 0.2) is 30.3 Å². The van der Waals surface area contributed by atoms with Gasteiger partial charge in [-0.25, -0.2) is 4.99 Å². The Bertz CT molecular complexity index is 224. The van der Waals surface area contributed by atoms with E-state index in [0.29, 0.717) is 6.04 Å². The number of nitrogens with one attached hydrogen (secondary N) is 1. The highest BCUT2D eigenvalue weighted by Gasteiger charge is 1.91. The van der Waals surface area contributed by atoms with Crippen molar-refractivity contribution < 1.29 is 4.99 Å². The van der Waals surface area contributed by atoms with E-state index in [1.54, 1.807) is 0 Å². The van der Waals surface area contributed by atoms with Crippen LogP contribution in [0.5, 0.6) is 0 Å². The van der Waals surface area contributed by atoms with Gasteiger partial charge in [0.25, 0.3) is 0 Å². The molecule has 0 heterocycles. The van der Waals surface area contributed by atoms with Crippen molar-refractivity contribution in [1.82, 2.24) is 0 Å². The van der Waals surface area contributed by atoms with Crippen LogP contribution in [0.3, 0.4) is 0 Å². The molecule has 0 spiro atoms. The van der Waals surface area contributed by atoms with Crippen LogP contribution < -0.4 is 4.99 Å². The summed E-state index contributed by atoms with van der Waals surface area (Å²) in [5.74, 6) is 0. The molecular weight excluding hydrogens is 134 g/mol. The monoisotopic (exact) mass is 148 g/mol. The van der Waals surface area contributed by atoms with Gasteiger partial charge in [0.1, 0.15) is 6.04 Å². The maximum Gasteiger partial charge on any atom is 0.169 e. The molecule has 1 aromatic rings. The van der Waals surface area contributed by atoms with Crippen LogP contribution in [0.25, 0.3) is 0 Å². The molecule has 0 aliphatic rings. The quantitative estimate of drug-likeness (QED) is 0.590. The summed E-state index contributed by atoms with van der Waals surface area (Å²) in [6.45, 7) is 4.25. The highest BCUT2D eigenvalue weighted by Crippen LogP contribution is 1.90. The highest BCUT2D eigenvalue weighted by atomic mass is 14.7. The molecular formula is C10H14N+. The zero-order valence-corrected chi connectivity index (χ0v) is 7.04. The molecule has 0 saturated heterocycles. The van der Waals surface area contributed by atoms with Crippen LogP contribution in [0.1, 0.15) is 19.4 Å². The summed E-state index contributed by atoms with van der Waals surface area (Å²) in [7, 11) is 0. The largest absolute Gasteiger partial charge is 0.246 e. The van der Waals surface area contributed by atoms with Crippen molar-refractivity contribution in [2.75, 3.05) is 0 Å². The Morgan fingerprint density at radius 3 is 2.36 bits per heavy atom. The van der Waals surface area contributed by atoms with E-state index in [0.717, 1.165) is 0 Å². The van der Waals surface area contributed by atoms with E-state index < -0.39 is 0 Å². The van der Waals surface area contributed by atoms with Gasteiger partial charge in [0.05, 0.1) is 0 Å². The van der Waals surface area contributed by atoms with Crippen LogP contribution >= 0.6 is 0 Å². The van der Waals surface area contributed by atoms with Gasteiger partial charge in [-0.3, -0.25) is 0 Å². The summed E-state index contributed by atoms with van der Waals surface area (Å²) < 4.78 is 0. The molecule has 0 bridgehead atoms. The standard InChI is InChI=1S/C10H13N/c1-9(2)11-8-10-6-4-3-5-7-10/h3-9H,1-2H3/p+1. The molecule has 0 aliphatic heterocycles. The van der Waals surface area contributed by atoms with Crippen molar-refractivity contribution in [3.63, 3.8) is 0 Å². The predicted octanol–water partition coefficient (Wildman–Crippen LogP) is 0.594. The number of benzene rings is 1. The summed E-state index contributed by atoms with van der Waals surface area (Å²) in [4.78, 5) is 3.24. The van der Waals surface area contributed by atoms with Crippen molar-refractivity contribution in [1.29, 1.82) is 0 Å². The van der Waals surface area contributed by atoms with Gasteiger partial charge in [0.2, 0.25) is 0 Å². The maximum atomic E-state index is 3.24. The molecule has 0 aromatic heterocycles. The van der Waals surface area contributed by atoms with Gasteiger partial charge in [-0.2, -0.15) is 0 Å². The molecule has 0 unspecified atom stereocenters. The number of hydrogen-bond acceptors (Lipinski definition) is 0. The molecule has 0 aliphatic carbocycles. The number of hydrogen-bond donors (Lipinski definition) is 1. The minimum Gasteiger partial charge on any atom is -0.246 e. The van der Waals surface area contributed by atoms with Gasteiger partial charge in [-0.15, -0.1) is 0 Å². The average Bonchev–Trinajstić information content (AvgIpc) is 2.03. The molecule has 0 amide bonds. The first-order valence-electron chi connectivity index (χ1n) is 3.93. The molecule has 58 valence electrons. The molecule has 0 fully saturated rings. The third-order valence-corrected chi connectivity index (χ3v) is 1.38. The van der Waals surface area contributed by atoms with Crippen LogP contribution in [-0.4, -0.2) is 12.3 Å². The Morgan fingerprint density at radius 2 is 1.82 bits per heavy atom. The first kappa shape index (κ1) is 7.99. The third kappa shape index (κ3) is 2.99. The Morgan fingerprint density at radius 1 is 1.18 bits per heavy atom. The summed E-state index contributed by atoms with van der Waals surface area (Å²) in [5.41, 5.74) is 1.22. The summed E-state index contributed by atoms with van der Waals surface area (Å²) in [6.07, 6.45) is 2.03. The van der Waals surface area contributed by atoms with E-state index in [-0.39, 0.29) is 0 Å². The molecule has 1 nitrogen and oxygen atoms in total. The minimum atomic E-state index is 0.509. The summed E-state index contributed by atoms with van der Waals surface area (Å²) >= 11 is 0. The normalized spacial score (nSPS) is 11.2. The van der Waals surface area contributed by atoms with Gasteiger partial charge in [0.15, 0.2) is 6.21 Å². The van der Waals surface area contributed by atoms with E-state index in [2.05, 4.69) is 31.0 Å². The molecule has 1 N–H and O–H groups in total. The summed E-state index contributed by atoms with van der Waals surface area (Å²) in [5, 5.41) is 0. The van der Waals surface area contributed by atoms with Crippen molar-refractivity contribution in [2.45, 2.75) is 19.9 Å². The van der Waals surface area contributed by atoms with E-state index >= 15 is 0 Å². The van der Waals surface area contributed by atoms with E-state index in [1.165, 1.54) is 5.56 Å². The number of rotatable bonds is 2. The first-order valence-corrected chi connectivity index (χ1v) is 3.93. The molecule has 11 heavy (non-hydrogen) atoms. The molecule has 1 rings (SSSR count). The lowest BCUT2D eigenvalue weighted by Crippen LogP contribution is -2.74. The Kier molecular flexibility index (Phi) is 2.84. The van der Waals surface area contributed by atoms with Gasteiger partial charge in [-0.1, -0.05) is 18.2 Å². The second-order valence-corrected chi connectivity index (χ2v) is 2.88. The van der Waals surface area contributed by atoms with Crippen molar-refractivity contribution in [2.24, 2.45) is 0 Å². The lowest BCUT2D eigenvalue weighted by molar-refractivity contribution is -0.487. The van der Waals surface area contributed by atoms with Gasteiger partial charge < -0.3 is 0 Å². The summed E-state index contributed by atoms with van der Waals surface area (Å²) in [6, 6.07) is 10.8. The van der Waals surface area contributed by atoms with Crippen molar-refractivity contribution >= 4 is 6.21 Å². The smallest absolute Gasteiger partial charge is 0.169 e. The van der Waals surface area contributed by atoms with Crippen LogP contribution in [-0.2, 0) is 0 Å². The Hall–Kier alpha value is -1.11. The molecule has 1 aromatic carbocycles. The molecule has 0 atom stereocenters. The predicted molar refractivity (Wildman–Crippen MR) is 47.7 cm³/mol. The van der Waals surface area contributed by atoms with Crippen LogP contribution in [0, 0.1) is 0 Å². The fourth-order valence-electron chi connectivity index (χ4n) is 0.812. The van der Waals surface area contributed by atoms with Crippen LogP contribution in [0.4, 0.5) is 0 Å². The Balaban J connectivity index is 2.65. The van der Waals surface area contributed by atoms with E-state index in [4.69, 9.17) is 0 Å². The maximum absolute atomic E-state index is 3.24. The average molecular weight is 148 g/mol. The molecule has 1 heteroatoms. The third-order valence-electron chi connectivity index (χ3n) is 1.38.